The van der Waals surface area contributed by atoms with Gasteiger partial charge in [0.15, 0.2) is 16.9 Å². The summed E-state index contributed by atoms with van der Waals surface area (Å²) in [5.41, 5.74) is 1.85. The Bertz CT molecular complexity index is 1460. The van der Waals surface area contributed by atoms with E-state index in [2.05, 4.69) is 15.9 Å². The van der Waals surface area contributed by atoms with Gasteiger partial charge in [0.05, 0.1) is 30.2 Å². The average molecular weight is 520 g/mol. The van der Waals surface area contributed by atoms with E-state index in [9.17, 15) is 9.59 Å². The first-order valence-electron chi connectivity index (χ1n) is 11.1. The van der Waals surface area contributed by atoms with Gasteiger partial charge in [-0.2, -0.15) is 0 Å². The molecule has 1 aliphatic heterocycles. The minimum Gasteiger partial charge on any atom is -0.490 e. The number of fused-ring (bicyclic) bond motifs is 2. The van der Waals surface area contributed by atoms with Gasteiger partial charge >= 0.3 is 0 Å². The van der Waals surface area contributed by atoms with Crippen molar-refractivity contribution in [3.8, 4) is 11.5 Å². The van der Waals surface area contributed by atoms with Crippen molar-refractivity contribution < 1.29 is 18.7 Å². The molecule has 6 nitrogen and oxygen atoms in total. The van der Waals surface area contributed by atoms with Crippen molar-refractivity contribution in [2.24, 2.45) is 0 Å². The molecular weight excluding hydrogens is 498 g/mol. The van der Waals surface area contributed by atoms with Crippen molar-refractivity contribution in [2.75, 3.05) is 18.1 Å². The summed E-state index contributed by atoms with van der Waals surface area (Å²) in [5.74, 6) is 0.854. The highest BCUT2D eigenvalue weighted by Gasteiger charge is 2.44. The van der Waals surface area contributed by atoms with Gasteiger partial charge in [-0.25, -0.2) is 0 Å². The van der Waals surface area contributed by atoms with Gasteiger partial charge in [-0.1, -0.05) is 40.2 Å². The molecule has 0 N–H and O–H groups in total. The summed E-state index contributed by atoms with van der Waals surface area (Å²) in [6.45, 7) is 4.74. The van der Waals surface area contributed by atoms with Gasteiger partial charge in [0, 0.05) is 10.2 Å². The Kier molecular flexibility index (Phi) is 5.87. The fourth-order valence-corrected chi connectivity index (χ4v) is 4.75. The predicted octanol–water partition coefficient (Wildman–Crippen LogP) is 6.10. The highest BCUT2D eigenvalue weighted by Crippen LogP contribution is 2.43. The number of hydrogen-bond donors (Lipinski definition) is 0. The van der Waals surface area contributed by atoms with Crippen LogP contribution in [0.2, 0.25) is 0 Å². The van der Waals surface area contributed by atoms with E-state index in [0.717, 1.165) is 10.0 Å². The van der Waals surface area contributed by atoms with Crippen molar-refractivity contribution >= 4 is 38.5 Å². The van der Waals surface area contributed by atoms with E-state index in [-0.39, 0.29) is 17.1 Å². The molecule has 172 valence electrons. The lowest BCUT2D eigenvalue weighted by atomic mass is 9.97. The molecule has 0 spiro atoms. The largest absolute Gasteiger partial charge is 0.490 e. The molecule has 1 aliphatic rings. The summed E-state index contributed by atoms with van der Waals surface area (Å²) >= 11 is 3.49. The second-order valence-electron chi connectivity index (χ2n) is 7.80. The molecule has 1 amide bonds. The number of hydrogen-bond acceptors (Lipinski definition) is 5. The van der Waals surface area contributed by atoms with Gasteiger partial charge in [0.2, 0.25) is 5.76 Å². The Morgan fingerprint density at radius 2 is 1.68 bits per heavy atom. The quantitative estimate of drug-likeness (QED) is 0.307. The van der Waals surface area contributed by atoms with Crippen molar-refractivity contribution in [2.45, 2.75) is 19.9 Å². The second-order valence-corrected chi connectivity index (χ2v) is 8.72. The number of carbonyl (C=O) groups excluding carboxylic acids is 1. The maximum Gasteiger partial charge on any atom is 0.295 e. The van der Waals surface area contributed by atoms with Crippen LogP contribution in [0.4, 0.5) is 5.69 Å². The minimum absolute atomic E-state index is 0.0560. The molecule has 0 bridgehead atoms. The number of anilines is 1. The van der Waals surface area contributed by atoms with Crippen LogP contribution < -0.4 is 19.8 Å². The van der Waals surface area contributed by atoms with Crippen LogP contribution in [0.15, 0.2) is 80.4 Å². The number of nitrogens with zero attached hydrogens (tertiary/aromatic N) is 1. The second kappa shape index (κ2) is 8.99. The van der Waals surface area contributed by atoms with Crippen molar-refractivity contribution in [1.29, 1.82) is 0 Å². The topological polar surface area (TPSA) is 69.0 Å². The molecule has 0 saturated heterocycles. The van der Waals surface area contributed by atoms with Crippen molar-refractivity contribution in [1.82, 2.24) is 0 Å². The van der Waals surface area contributed by atoms with E-state index in [4.69, 9.17) is 13.9 Å². The summed E-state index contributed by atoms with van der Waals surface area (Å²) in [4.78, 5) is 29.0. The Balaban J connectivity index is 1.78. The van der Waals surface area contributed by atoms with Crippen molar-refractivity contribution in [3.63, 3.8) is 0 Å². The van der Waals surface area contributed by atoms with Crippen LogP contribution in [-0.4, -0.2) is 19.1 Å². The maximum atomic E-state index is 13.7. The molecule has 0 fully saturated rings. The summed E-state index contributed by atoms with van der Waals surface area (Å²) in [6, 6.07) is 19.2. The normalized spacial score (nSPS) is 15.0. The van der Waals surface area contributed by atoms with Gasteiger partial charge in [0.25, 0.3) is 5.91 Å². The van der Waals surface area contributed by atoms with Gasteiger partial charge in [-0.05, 0) is 61.9 Å². The molecule has 34 heavy (non-hydrogen) atoms. The number of para-hydroxylation sites is 1. The summed E-state index contributed by atoms with van der Waals surface area (Å²) in [5, 5.41) is 0.436. The highest BCUT2D eigenvalue weighted by atomic mass is 79.9. The van der Waals surface area contributed by atoms with E-state index in [0.29, 0.717) is 46.9 Å². The maximum absolute atomic E-state index is 13.7. The van der Waals surface area contributed by atoms with Gasteiger partial charge in [-0.15, -0.1) is 0 Å². The molecular formula is C27H22BrNO5. The Morgan fingerprint density at radius 1 is 0.912 bits per heavy atom. The predicted molar refractivity (Wildman–Crippen MR) is 134 cm³/mol. The minimum atomic E-state index is -0.687. The highest BCUT2D eigenvalue weighted by molar-refractivity contribution is 9.10. The van der Waals surface area contributed by atoms with Crippen LogP contribution in [0, 0.1) is 0 Å². The third kappa shape index (κ3) is 3.66. The zero-order valence-corrected chi connectivity index (χ0v) is 20.3. The van der Waals surface area contributed by atoms with Gasteiger partial charge in [-0.3, -0.25) is 14.5 Å². The number of ether oxygens (including phenoxy) is 2. The van der Waals surface area contributed by atoms with Crippen LogP contribution >= 0.6 is 15.9 Å². The van der Waals surface area contributed by atoms with Crippen LogP contribution in [0.25, 0.3) is 11.0 Å². The third-order valence-corrected chi connectivity index (χ3v) is 6.24. The fraction of sp³-hybridized carbons (Fsp3) is 0.185. The molecule has 5 rings (SSSR count). The zero-order chi connectivity index (χ0) is 23.8. The van der Waals surface area contributed by atoms with E-state index < -0.39 is 6.04 Å². The summed E-state index contributed by atoms with van der Waals surface area (Å²) in [7, 11) is 0. The lowest BCUT2D eigenvalue weighted by Gasteiger charge is -2.26. The van der Waals surface area contributed by atoms with E-state index in [1.807, 2.05) is 56.3 Å². The summed E-state index contributed by atoms with van der Waals surface area (Å²) < 4.78 is 18.4. The average Bonchev–Trinajstić information content (AvgIpc) is 3.13. The monoisotopic (exact) mass is 519 g/mol. The van der Waals surface area contributed by atoms with Crippen LogP contribution in [0.5, 0.6) is 11.5 Å². The zero-order valence-electron chi connectivity index (χ0n) is 18.7. The fourth-order valence-electron chi connectivity index (χ4n) is 4.37. The summed E-state index contributed by atoms with van der Waals surface area (Å²) in [6.07, 6.45) is 0. The number of rotatable bonds is 6. The number of benzene rings is 3. The Hall–Kier alpha value is -3.58. The molecule has 0 aliphatic carbocycles. The number of amides is 1. The molecule has 1 aromatic heterocycles. The van der Waals surface area contributed by atoms with Gasteiger partial charge < -0.3 is 13.9 Å². The first-order valence-corrected chi connectivity index (χ1v) is 11.9. The molecule has 0 radical (unpaired) electrons. The lowest BCUT2D eigenvalue weighted by Crippen LogP contribution is -2.29. The molecule has 0 saturated carbocycles. The molecule has 1 atom stereocenters. The first kappa shape index (κ1) is 22.2. The van der Waals surface area contributed by atoms with E-state index >= 15 is 0 Å². The molecule has 4 aromatic rings. The molecule has 2 heterocycles. The molecule has 7 heteroatoms. The molecule has 1 unspecified atom stereocenters. The lowest BCUT2D eigenvalue weighted by molar-refractivity contribution is 0.0971. The Labute approximate surface area is 204 Å². The SMILES string of the molecule is CCOc1ccc(C2c3c(oc4ccccc4c3=O)C(=O)N2c2cccc(Br)c2)cc1OCC. The number of carbonyl (C=O) groups is 1. The van der Waals surface area contributed by atoms with E-state index in [1.165, 1.54) is 0 Å². The Morgan fingerprint density at radius 3 is 2.44 bits per heavy atom. The van der Waals surface area contributed by atoms with Crippen LogP contribution in [-0.2, 0) is 0 Å². The first-order chi connectivity index (χ1) is 16.5. The standard InChI is InChI=1S/C27H22BrNO5/c1-3-32-21-13-12-16(14-22(21)33-4-2)24-23-25(30)19-10-5-6-11-20(19)34-26(23)27(31)29(24)18-9-7-8-17(28)15-18/h5-15,24H,3-4H2,1-2H3. The third-order valence-electron chi connectivity index (χ3n) is 5.75. The smallest absolute Gasteiger partial charge is 0.295 e. The van der Waals surface area contributed by atoms with Crippen molar-refractivity contribution in [3.05, 3.63) is 98.3 Å². The van der Waals surface area contributed by atoms with Gasteiger partial charge in [0.1, 0.15) is 5.58 Å². The number of halogens is 1. The van der Waals surface area contributed by atoms with Crippen LogP contribution in [0.3, 0.4) is 0 Å². The molecule has 3 aromatic carbocycles. The van der Waals surface area contributed by atoms with E-state index in [1.54, 1.807) is 29.2 Å². The van der Waals surface area contributed by atoms with Crippen LogP contribution in [0.1, 0.15) is 41.6 Å².